The minimum absolute atomic E-state index is 0.484. The summed E-state index contributed by atoms with van der Waals surface area (Å²) in [5.41, 5.74) is 5.70. The molecule has 0 heterocycles. The van der Waals surface area contributed by atoms with Gasteiger partial charge in [0.15, 0.2) is 0 Å². The zero-order valence-corrected chi connectivity index (χ0v) is 11.6. The lowest BCUT2D eigenvalue weighted by atomic mass is 9.96. The van der Waals surface area contributed by atoms with Gasteiger partial charge in [0.2, 0.25) is 0 Å². The number of benzene rings is 1. The highest BCUT2D eigenvalue weighted by atomic mass is 14.9. The molecule has 1 N–H and O–H groups in total. The van der Waals surface area contributed by atoms with Crippen LogP contribution < -0.4 is 5.32 Å². The summed E-state index contributed by atoms with van der Waals surface area (Å²) < 4.78 is 0. The van der Waals surface area contributed by atoms with E-state index < -0.39 is 0 Å². The van der Waals surface area contributed by atoms with E-state index in [1.807, 2.05) is 0 Å². The highest BCUT2D eigenvalue weighted by Crippen LogP contribution is 2.25. The number of aryl methyl sites for hydroxylation is 3. The second kappa shape index (κ2) is 5.22. The van der Waals surface area contributed by atoms with Crippen molar-refractivity contribution in [2.75, 3.05) is 0 Å². The Hall–Kier alpha value is -0.820. The van der Waals surface area contributed by atoms with Gasteiger partial charge in [0, 0.05) is 12.1 Å². The van der Waals surface area contributed by atoms with Crippen LogP contribution in [0.2, 0.25) is 0 Å². The van der Waals surface area contributed by atoms with Gasteiger partial charge in [-0.05, 0) is 62.8 Å². The normalized spacial score (nSPS) is 18.6. The minimum Gasteiger partial charge on any atom is -0.307 e. The molecule has 1 aromatic rings. The summed E-state index contributed by atoms with van der Waals surface area (Å²) >= 11 is 0. The molecule has 0 aromatic heterocycles. The molecule has 1 nitrogen and oxygen atoms in total. The van der Waals surface area contributed by atoms with Crippen LogP contribution in [0.15, 0.2) is 12.1 Å². The summed E-state index contributed by atoms with van der Waals surface area (Å²) in [4.78, 5) is 0. The first-order valence-electron chi connectivity index (χ1n) is 6.91. The number of nitrogens with one attached hydrogen (secondary N) is 1. The van der Waals surface area contributed by atoms with E-state index in [4.69, 9.17) is 0 Å². The molecule has 0 spiro atoms. The summed E-state index contributed by atoms with van der Waals surface area (Å²) in [5, 5.41) is 3.78. The van der Waals surface area contributed by atoms with Gasteiger partial charge in [0.05, 0.1) is 0 Å². The van der Waals surface area contributed by atoms with Crippen molar-refractivity contribution < 1.29 is 0 Å². The second-order valence-corrected chi connectivity index (χ2v) is 5.66. The molecule has 1 saturated carbocycles. The fourth-order valence-electron chi connectivity index (χ4n) is 2.99. The lowest BCUT2D eigenvalue weighted by Gasteiger charge is -2.22. The van der Waals surface area contributed by atoms with Crippen LogP contribution in [-0.2, 0) is 0 Å². The van der Waals surface area contributed by atoms with Gasteiger partial charge >= 0.3 is 0 Å². The van der Waals surface area contributed by atoms with Crippen molar-refractivity contribution in [3.63, 3.8) is 0 Å². The molecule has 1 aliphatic carbocycles. The Morgan fingerprint density at radius 2 is 1.59 bits per heavy atom. The zero-order valence-electron chi connectivity index (χ0n) is 11.6. The third-order valence-electron chi connectivity index (χ3n) is 4.19. The Bertz CT molecular complexity index is 389. The van der Waals surface area contributed by atoms with E-state index >= 15 is 0 Å². The summed E-state index contributed by atoms with van der Waals surface area (Å²) in [5.74, 6) is 0. The maximum absolute atomic E-state index is 3.78. The van der Waals surface area contributed by atoms with E-state index in [0.29, 0.717) is 6.04 Å². The quantitative estimate of drug-likeness (QED) is 0.822. The van der Waals surface area contributed by atoms with Crippen LogP contribution in [0.4, 0.5) is 0 Å². The van der Waals surface area contributed by atoms with Crippen LogP contribution in [-0.4, -0.2) is 6.04 Å². The van der Waals surface area contributed by atoms with E-state index in [9.17, 15) is 0 Å². The molecule has 2 rings (SSSR count). The highest BCUT2D eigenvalue weighted by Gasteiger charge is 2.18. The smallest absolute Gasteiger partial charge is 0.0297 e. The Morgan fingerprint density at radius 1 is 1.00 bits per heavy atom. The molecular weight excluding hydrogens is 206 g/mol. The van der Waals surface area contributed by atoms with Crippen molar-refractivity contribution in [1.29, 1.82) is 0 Å². The van der Waals surface area contributed by atoms with Crippen LogP contribution in [0.3, 0.4) is 0 Å². The SMILES string of the molecule is Cc1cc(C)c(C(C)NC2CCCC2)cc1C. The monoisotopic (exact) mass is 231 g/mol. The predicted octanol–water partition coefficient (Wildman–Crippen LogP) is 4.21. The minimum atomic E-state index is 0.484. The van der Waals surface area contributed by atoms with Crippen molar-refractivity contribution in [1.82, 2.24) is 5.32 Å². The largest absolute Gasteiger partial charge is 0.307 e. The van der Waals surface area contributed by atoms with Crippen molar-refractivity contribution in [2.45, 2.75) is 65.5 Å². The first-order valence-corrected chi connectivity index (χ1v) is 6.91. The molecule has 0 bridgehead atoms. The van der Waals surface area contributed by atoms with Gasteiger partial charge in [-0.3, -0.25) is 0 Å². The predicted molar refractivity (Wildman–Crippen MR) is 74.5 cm³/mol. The van der Waals surface area contributed by atoms with Crippen molar-refractivity contribution >= 4 is 0 Å². The molecule has 17 heavy (non-hydrogen) atoms. The van der Waals surface area contributed by atoms with Crippen LogP contribution in [0, 0.1) is 20.8 Å². The van der Waals surface area contributed by atoms with Crippen molar-refractivity contribution in [3.05, 3.63) is 34.4 Å². The maximum Gasteiger partial charge on any atom is 0.0297 e. The van der Waals surface area contributed by atoms with E-state index in [-0.39, 0.29) is 0 Å². The molecule has 0 aliphatic heterocycles. The van der Waals surface area contributed by atoms with E-state index in [0.717, 1.165) is 6.04 Å². The highest BCUT2D eigenvalue weighted by molar-refractivity contribution is 5.38. The van der Waals surface area contributed by atoms with Crippen molar-refractivity contribution in [2.24, 2.45) is 0 Å². The van der Waals surface area contributed by atoms with Gasteiger partial charge in [-0.1, -0.05) is 25.0 Å². The second-order valence-electron chi connectivity index (χ2n) is 5.66. The first kappa shape index (κ1) is 12.6. The molecule has 94 valence electrons. The Kier molecular flexibility index (Phi) is 3.88. The Labute approximate surface area is 106 Å². The number of hydrogen-bond donors (Lipinski definition) is 1. The fourth-order valence-corrected chi connectivity index (χ4v) is 2.99. The van der Waals surface area contributed by atoms with Gasteiger partial charge in [-0.15, -0.1) is 0 Å². The van der Waals surface area contributed by atoms with Crippen LogP contribution >= 0.6 is 0 Å². The third-order valence-corrected chi connectivity index (χ3v) is 4.19. The Morgan fingerprint density at radius 3 is 2.24 bits per heavy atom. The number of rotatable bonds is 3. The summed E-state index contributed by atoms with van der Waals surface area (Å²) in [6, 6.07) is 5.90. The molecular formula is C16H25N. The molecule has 1 aliphatic rings. The van der Waals surface area contributed by atoms with E-state index in [1.54, 1.807) is 0 Å². The van der Waals surface area contributed by atoms with Gasteiger partial charge in [0.1, 0.15) is 0 Å². The molecule has 1 aromatic carbocycles. The molecule has 0 radical (unpaired) electrons. The van der Waals surface area contributed by atoms with E-state index in [1.165, 1.54) is 47.9 Å². The van der Waals surface area contributed by atoms with Crippen LogP contribution in [0.25, 0.3) is 0 Å². The molecule has 0 amide bonds. The lowest BCUT2D eigenvalue weighted by molar-refractivity contribution is 0.460. The van der Waals surface area contributed by atoms with Gasteiger partial charge < -0.3 is 5.32 Å². The average molecular weight is 231 g/mol. The summed E-state index contributed by atoms with van der Waals surface area (Å²) in [6.45, 7) is 8.94. The van der Waals surface area contributed by atoms with Gasteiger partial charge in [-0.2, -0.15) is 0 Å². The van der Waals surface area contributed by atoms with Crippen LogP contribution in [0.5, 0.6) is 0 Å². The fraction of sp³-hybridized carbons (Fsp3) is 0.625. The van der Waals surface area contributed by atoms with E-state index in [2.05, 4.69) is 45.1 Å². The van der Waals surface area contributed by atoms with Crippen LogP contribution in [0.1, 0.15) is 60.9 Å². The molecule has 1 atom stereocenters. The number of hydrogen-bond acceptors (Lipinski definition) is 1. The van der Waals surface area contributed by atoms with Crippen molar-refractivity contribution in [3.8, 4) is 0 Å². The molecule has 0 saturated heterocycles. The van der Waals surface area contributed by atoms with Gasteiger partial charge in [0.25, 0.3) is 0 Å². The molecule has 1 fully saturated rings. The van der Waals surface area contributed by atoms with Gasteiger partial charge in [-0.25, -0.2) is 0 Å². The third kappa shape index (κ3) is 2.90. The zero-order chi connectivity index (χ0) is 12.4. The standard InChI is InChI=1S/C16H25N/c1-11-9-13(3)16(10-12(11)2)14(4)17-15-7-5-6-8-15/h9-10,14-15,17H,5-8H2,1-4H3. The molecule has 1 unspecified atom stereocenters. The lowest BCUT2D eigenvalue weighted by Crippen LogP contribution is -2.29. The average Bonchev–Trinajstić information content (AvgIpc) is 2.76. The Balaban J connectivity index is 2.12. The maximum atomic E-state index is 3.78. The first-order chi connectivity index (χ1) is 8.08. The summed E-state index contributed by atoms with van der Waals surface area (Å²) in [6.07, 6.45) is 5.51. The summed E-state index contributed by atoms with van der Waals surface area (Å²) in [7, 11) is 0. The molecule has 1 heteroatoms. The topological polar surface area (TPSA) is 12.0 Å².